The maximum Gasteiger partial charge on any atom is 0.264 e. The van der Waals surface area contributed by atoms with Crippen LogP contribution < -0.4 is 23.3 Å². The molecule has 1 unspecified atom stereocenters. The number of sulfonamides is 1. The Morgan fingerprint density at radius 2 is 1.36 bits per heavy atom. The molecule has 0 saturated heterocycles. The monoisotopic (exact) mass is 491 g/mol. The van der Waals surface area contributed by atoms with Crippen LogP contribution in [0.15, 0.2) is 65.6 Å². The minimum Gasteiger partial charge on any atom is -0.497 e. The standard InChI is InChI=1S/C24H26ClNO6S/c1-16(21-15-19(29-2)9-13-22(21)30-3)26(18-8-12-23(31-4)24(14-18)32-5)33(27,28)20-10-6-17(25)7-11-20/h6-16H,1-5H3. The summed E-state index contributed by atoms with van der Waals surface area (Å²) in [4.78, 5) is 0.0930. The Bertz CT molecular complexity index is 1210. The molecule has 0 bridgehead atoms. The zero-order valence-corrected chi connectivity index (χ0v) is 20.6. The summed E-state index contributed by atoms with van der Waals surface area (Å²) in [6.45, 7) is 1.78. The topological polar surface area (TPSA) is 74.3 Å². The lowest BCUT2D eigenvalue weighted by Crippen LogP contribution is -2.34. The number of methoxy groups -OCH3 is 4. The van der Waals surface area contributed by atoms with E-state index in [-0.39, 0.29) is 4.90 Å². The van der Waals surface area contributed by atoms with Gasteiger partial charge >= 0.3 is 0 Å². The number of hydrogen-bond donors (Lipinski definition) is 0. The summed E-state index contributed by atoms with van der Waals surface area (Å²) in [5.41, 5.74) is 1.02. The molecule has 176 valence electrons. The van der Waals surface area contributed by atoms with E-state index in [4.69, 9.17) is 30.5 Å². The normalized spacial score (nSPS) is 12.1. The Morgan fingerprint density at radius 3 is 1.94 bits per heavy atom. The first-order valence-electron chi connectivity index (χ1n) is 10.0. The zero-order chi connectivity index (χ0) is 24.2. The molecule has 7 nitrogen and oxygen atoms in total. The van der Waals surface area contributed by atoms with E-state index in [1.165, 1.54) is 49.9 Å². The van der Waals surface area contributed by atoms with Crippen LogP contribution in [-0.2, 0) is 10.0 Å². The van der Waals surface area contributed by atoms with E-state index in [9.17, 15) is 8.42 Å². The van der Waals surface area contributed by atoms with Crippen molar-refractivity contribution < 1.29 is 27.4 Å². The van der Waals surface area contributed by atoms with Gasteiger partial charge in [0, 0.05) is 16.7 Å². The van der Waals surface area contributed by atoms with Crippen molar-refractivity contribution in [2.45, 2.75) is 17.9 Å². The third kappa shape index (κ3) is 4.96. The van der Waals surface area contributed by atoms with E-state index >= 15 is 0 Å². The first-order valence-corrected chi connectivity index (χ1v) is 11.8. The molecule has 3 aromatic carbocycles. The number of anilines is 1. The fraction of sp³-hybridized carbons (Fsp3) is 0.250. The van der Waals surface area contributed by atoms with Gasteiger partial charge in [-0.15, -0.1) is 0 Å². The Kier molecular flexibility index (Phi) is 7.61. The lowest BCUT2D eigenvalue weighted by Gasteiger charge is -2.32. The van der Waals surface area contributed by atoms with Crippen LogP contribution in [0.25, 0.3) is 0 Å². The van der Waals surface area contributed by atoms with Crippen LogP contribution in [0.1, 0.15) is 18.5 Å². The van der Waals surface area contributed by atoms with Gasteiger partial charge in [0.1, 0.15) is 11.5 Å². The van der Waals surface area contributed by atoms with Crippen LogP contribution in [0.2, 0.25) is 5.02 Å². The molecule has 0 aliphatic rings. The van der Waals surface area contributed by atoms with Crippen LogP contribution in [0, 0.1) is 0 Å². The number of ether oxygens (including phenoxy) is 4. The zero-order valence-electron chi connectivity index (χ0n) is 19.0. The van der Waals surface area contributed by atoms with Crippen molar-refractivity contribution in [1.82, 2.24) is 0 Å². The van der Waals surface area contributed by atoms with Gasteiger partial charge in [-0.1, -0.05) is 11.6 Å². The first-order chi connectivity index (χ1) is 15.8. The molecule has 0 spiro atoms. The largest absolute Gasteiger partial charge is 0.497 e. The second-order valence-electron chi connectivity index (χ2n) is 7.08. The lowest BCUT2D eigenvalue weighted by atomic mass is 10.1. The van der Waals surface area contributed by atoms with Gasteiger partial charge in [0.25, 0.3) is 10.0 Å². The van der Waals surface area contributed by atoms with E-state index in [1.54, 1.807) is 50.4 Å². The molecule has 0 aliphatic heterocycles. The Hall–Kier alpha value is -3.10. The highest BCUT2D eigenvalue weighted by molar-refractivity contribution is 7.92. The Morgan fingerprint density at radius 1 is 0.758 bits per heavy atom. The SMILES string of the molecule is COc1ccc(OC)c(C(C)N(c2ccc(OC)c(OC)c2)S(=O)(=O)c2ccc(Cl)cc2)c1. The van der Waals surface area contributed by atoms with Gasteiger partial charge in [-0.25, -0.2) is 8.42 Å². The quantitative estimate of drug-likeness (QED) is 0.402. The van der Waals surface area contributed by atoms with Gasteiger partial charge in [-0.05, 0) is 61.5 Å². The maximum absolute atomic E-state index is 13.9. The molecule has 3 aromatic rings. The van der Waals surface area contributed by atoms with Crippen molar-refractivity contribution in [3.8, 4) is 23.0 Å². The minimum atomic E-state index is -4.03. The molecule has 0 heterocycles. The summed E-state index contributed by atoms with van der Waals surface area (Å²) in [6.07, 6.45) is 0. The lowest BCUT2D eigenvalue weighted by molar-refractivity contribution is 0.355. The average Bonchev–Trinajstić information content (AvgIpc) is 2.83. The highest BCUT2D eigenvalue weighted by Gasteiger charge is 2.33. The summed E-state index contributed by atoms with van der Waals surface area (Å²) in [5.74, 6) is 1.99. The van der Waals surface area contributed by atoms with Crippen molar-refractivity contribution in [3.63, 3.8) is 0 Å². The smallest absolute Gasteiger partial charge is 0.264 e. The summed E-state index contributed by atoms with van der Waals surface area (Å²) < 4.78 is 50.8. The fourth-order valence-electron chi connectivity index (χ4n) is 3.54. The van der Waals surface area contributed by atoms with E-state index < -0.39 is 16.1 Å². The van der Waals surface area contributed by atoms with Crippen molar-refractivity contribution in [2.75, 3.05) is 32.7 Å². The third-order valence-electron chi connectivity index (χ3n) is 5.23. The molecule has 0 N–H and O–H groups in total. The van der Waals surface area contributed by atoms with Crippen molar-refractivity contribution >= 4 is 27.3 Å². The molecule has 0 saturated carbocycles. The second kappa shape index (κ2) is 10.2. The van der Waals surface area contributed by atoms with Crippen molar-refractivity contribution in [2.24, 2.45) is 0 Å². The van der Waals surface area contributed by atoms with Gasteiger partial charge in [-0.3, -0.25) is 4.31 Å². The number of rotatable bonds is 9. The summed E-state index contributed by atoms with van der Waals surface area (Å²) in [6, 6.07) is 15.6. The molecule has 0 fully saturated rings. The van der Waals surface area contributed by atoms with Crippen LogP contribution >= 0.6 is 11.6 Å². The van der Waals surface area contributed by atoms with E-state index in [1.807, 2.05) is 0 Å². The molecule has 0 aliphatic carbocycles. The second-order valence-corrected chi connectivity index (χ2v) is 9.33. The van der Waals surface area contributed by atoms with E-state index in [0.29, 0.717) is 39.3 Å². The summed E-state index contributed by atoms with van der Waals surface area (Å²) in [7, 11) is 2.07. The Balaban J connectivity index is 2.25. The predicted octanol–water partition coefficient (Wildman–Crippen LogP) is 5.33. The van der Waals surface area contributed by atoms with Gasteiger partial charge in [-0.2, -0.15) is 0 Å². The van der Waals surface area contributed by atoms with Crippen LogP contribution in [-0.4, -0.2) is 36.9 Å². The molecule has 0 radical (unpaired) electrons. The van der Waals surface area contributed by atoms with Crippen molar-refractivity contribution in [1.29, 1.82) is 0 Å². The Labute approximate surface area is 199 Å². The molecule has 1 atom stereocenters. The third-order valence-corrected chi connectivity index (χ3v) is 7.40. The van der Waals surface area contributed by atoms with Gasteiger partial charge < -0.3 is 18.9 Å². The van der Waals surface area contributed by atoms with Gasteiger partial charge in [0.05, 0.1) is 45.1 Å². The van der Waals surface area contributed by atoms with E-state index in [0.717, 1.165) is 0 Å². The molecule has 0 aromatic heterocycles. The minimum absolute atomic E-state index is 0.0930. The van der Waals surface area contributed by atoms with Gasteiger partial charge in [0.2, 0.25) is 0 Å². The first kappa shape index (κ1) is 24.5. The average molecular weight is 492 g/mol. The highest BCUT2D eigenvalue weighted by atomic mass is 35.5. The van der Waals surface area contributed by atoms with Crippen LogP contribution in [0.5, 0.6) is 23.0 Å². The molecule has 3 rings (SSSR count). The molecular formula is C24H26ClNO6S. The highest BCUT2D eigenvalue weighted by Crippen LogP contribution is 2.41. The predicted molar refractivity (Wildman–Crippen MR) is 129 cm³/mol. The van der Waals surface area contributed by atoms with Crippen molar-refractivity contribution in [3.05, 3.63) is 71.2 Å². The van der Waals surface area contributed by atoms with Crippen LogP contribution in [0.3, 0.4) is 0 Å². The number of benzene rings is 3. The van der Waals surface area contributed by atoms with Gasteiger partial charge in [0.15, 0.2) is 11.5 Å². The number of hydrogen-bond acceptors (Lipinski definition) is 6. The van der Waals surface area contributed by atoms with E-state index in [2.05, 4.69) is 0 Å². The summed E-state index contributed by atoms with van der Waals surface area (Å²) >= 11 is 5.99. The number of nitrogens with zero attached hydrogens (tertiary/aromatic N) is 1. The molecular weight excluding hydrogens is 466 g/mol. The fourth-order valence-corrected chi connectivity index (χ4v) is 5.30. The summed E-state index contributed by atoms with van der Waals surface area (Å²) in [5, 5.41) is 0.439. The maximum atomic E-state index is 13.9. The van der Waals surface area contributed by atoms with Crippen LogP contribution in [0.4, 0.5) is 5.69 Å². The molecule has 33 heavy (non-hydrogen) atoms. The molecule has 0 amide bonds. The number of halogens is 1. The molecule has 9 heteroatoms.